The first-order chi connectivity index (χ1) is 9.78. The molecular formula is C16H37N3O. The minimum absolute atomic E-state index is 0.830. The Morgan fingerprint density at radius 2 is 1.40 bits per heavy atom. The number of hydrogen-bond donors (Lipinski definition) is 1. The maximum absolute atomic E-state index is 5.32. The summed E-state index contributed by atoms with van der Waals surface area (Å²) in [6.45, 7) is 19.7. The highest BCUT2D eigenvalue weighted by atomic mass is 16.5. The summed E-state index contributed by atoms with van der Waals surface area (Å²) < 4.78 is 5.32. The summed E-state index contributed by atoms with van der Waals surface area (Å²) in [5.41, 5.74) is 0. The maximum Gasteiger partial charge on any atom is 0.0477 e. The standard InChI is InChI=1S/C16H37N3O/c1-5-18(6-2)13-10-14-19(7-3)15-12-17-11-9-16-20-8-4/h17H,5-16H2,1-4H3. The van der Waals surface area contributed by atoms with E-state index in [4.69, 9.17) is 4.74 Å². The van der Waals surface area contributed by atoms with E-state index in [9.17, 15) is 0 Å². The molecule has 0 aromatic heterocycles. The van der Waals surface area contributed by atoms with E-state index >= 15 is 0 Å². The molecule has 0 saturated heterocycles. The van der Waals surface area contributed by atoms with Gasteiger partial charge in [-0.1, -0.05) is 20.8 Å². The number of ether oxygens (including phenoxy) is 1. The first kappa shape index (κ1) is 19.8. The van der Waals surface area contributed by atoms with E-state index in [1.54, 1.807) is 0 Å². The molecule has 0 radical (unpaired) electrons. The van der Waals surface area contributed by atoms with Crippen LogP contribution >= 0.6 is 0 Å². The fourth-order valence-electron chi connectivity index (χ4n) is 2.29. The van der Waals surface area contributed by atoms with Crippen LogP contribution in [0, 0.1) is 0 Å². The van der Waals surface area contributed by atoms with Crippen molar-refractivity contribution in [1.82, 2.24) is 15.1 Å². The molecule has 20 heavy (non-hydrogen) atoms. The van der Waals surface area contributed by atoms with Crippen LogP contribution in [0.5, 0.6) is 0 Å². The van der Waals surface area contributed by atoms with Crippen molar-refractivity contribution < 1.29 is 4.74 Å². The summed E-state index contributed by atoms with van der Waals surface area (Å²) in [7, 11) is 0. The fourth-order valence-corrected chi connectivity index (χ4v) is 2.29. The molecule has 1 N–H and O–H groups in total. The van der Waals surface area contributed by atoms with Crippen LogP contribution in [0.3, 0.4) is 0 Å². The van der Waals surface area contributed by atoms with E-state index in [1.807, 2.05) is 6.92 Å². The molecular weight excluding hydrogens is 250 g/mol. The van der Waals surface area contributed by atoms with Crippen LogP contribution in [-0.4, -0.2) is 75.4 Å². The zero-order valence-corrected chi connectivity index (χ0v) is 14.3. The fraction of sp³-hybridized carbons (Fsp3) is 1.00. The van der Waals surface area contributed by atoms with Gasteiger partial charge in [-0.15, -0.1) is 0 Å². The lowest BCUT2D eigenvalue weighted by Crippen LogP contribution is -2.35. The first-order valence-corrected chi connectivity index (χ1v) is 8.51. The van der Waals surface area contributed by atoms with Gasteiger partial charge in [0.1, 0.15) is 0 Å². The Morgan fingerprint density at radius 1 is 0.750 bits per heavy atom. The van der Waals surface area contributed by atoms with Gasteiger partial charge in [0.2, 0.25) is 0 Å². The molecule has 0 fully saturated rings. The highest BCUT2D eigenvalue weighted by molar-refractivity contribution is 4.61. The van der Waals surface area contributed by atoms with Crippen molar-refractivity contribution in [2.45, 2.75) is 40.5 Å². The second kappa shape index (κ2) is 15.2. The summed E-state index contributed by atoms with van der Waals surface area (Å²) in [6.07, 6.45) is 2.39. The van der Waals surface area contributed by atoms with Gasteiger partial charge in [0.05, 0.1) is 0 Å². The molecule has 0 atom stereocenters. The third-order valence-corrected chi connectivity index (χ3v) is 3.74. The van der Waals surface area contributed by atoms with E-state index in [2.05, 4.69) is 35.9 Å². The molecule has 0 saturated carbocycles. The zero-order chi connectivity index (χ0) is 15.1. The number of nitrogens with one attached hydrogen (secondary N) is 1. The average molecular weight is 287 g/mol. The Bertz CT molecular complexity index is 187. The predicted molar refractivity (Wildman–Crippen MR) is 88.5 cm³/mol. The number of nitrogens with zero attached hydrogens (tertiary/aromatic N) is 2. The molecule has 122 valence electrons. The summed E-state index contributed by atoms with van der Waals surface area (Å²) >= 11 is 0. The number of likely N-dealkylation sites (N-methyl/N-ethyl adjacent to an activating group) is 1. The largest absolute Gasteiger partial charge is 0.382 e. The molecule has 0 rings (SSSR count). The van der Waals surface area contributed by atoms with Gasteiger partial charge in [0.25, 0.3) is 0 Å². The third-order valence-electron chi connectivity index (χ3n) is 3.74. The van der Waals surface area contributed by atoms with Gasteiger partial charge in [-0.3, -0.25) is 0 Å². The van der Waals surface area contributed by atoms with Crippen LogP contribution < -0.4 is 5.32 Å². The highest BCUT2D eigenvalue weighted by Gasteiger charge is 2.03. The van der Waals surface area contributed by atoms with Crippen LogP contribution in [0.15, 0.2) is 0 Å². The Kier molecular flexibility index (Phi) is 15.1. The van der Waals surface area contributed by atoms with E-state index < -0.39 is 0 Å². The van der Waals surface area contributed by atoms with Gasteiger partial charge < -0.3 is 19.9 Å². The van der Waals surface area contributed by atoms with Gasteiger partial charge in [0.15, 0.2) is 0 Å². The Morgan fingerprint density at radius 3 is 2.00 bits per heavy atom. The average Bonchev–Trinajstić information content (AvgIpc) is 2.48. The smallest absolute Gasteiger partial charge is 0.0477 e. The van der Waals surface area contributed by atoms with Gasteiger partial charge in [-0.25, -0.2) is 0 Å². The van der Waals surface area contributed by atoms with Gasteiger partial charge in [-0.05, 0) is 59.0 Å². The van der Waals surface area contributed by atoms with Gasteiger partial charge >= 0.3 is 0 Å². The second-order valence-corrected chi connectivity index (χ2v) is 5.12. The van der Waals surface area contributed by atoms with Crippen LogP contribution in [0.1, 0.15) is 40.5 Å². The van der Waals surface area contributed by atoms with Crippen LogP contribution in [0.2, 0.25) is 0 Å². The van der Waals surface area contributed by atoms with Gasteiger partial charge in [0, 0.05) is 26.3 Å². The van der Waals surface area contributed by atoms with E-state index in [0.717, 1.165) is 45.8 Å². The third kappa shape index (κ3) is 11.6. The SMILES string of the molecule is CCOCCCNCCN(CC)CCCN(CC)CC. The normalized spacial score (nSPS) is 11.7. The van der Waals surface area contributed by atoms with E-state index in [1.165, 1.54) is 32.6 Å². The Balaban J connectivity index is 3.47. The summed E-state index contributed by atoms with van der Waals surface area (Å²) in [5, 5.41) is 3.50. The molecule has 0 amide bonds. The second-order valence-electron chi connectivity index (χ2n) is 5.12. The van der Waals surface area contributed by atoms with Crippen LogP contribution in [-0.2, 0) is 4.74 Å². The molecule has 4 nitrogen and oxygen atoms in total. The molecule has 0 heterocycles. The lowest BCUT2D eigenvalue weighted by atomic mass is 10.3. The van der Waals surface area contributed by atoms with Gasteiger partial charge in [-0.2, -0.15) is 0 Å². The molecule has 4 heteroatoms. The molecule has 0 aliphatic rings. The maximum atomic E-state index is 5.32. The summed E-state index contributed by atoms with van der Waals surface area (Å²) in [5.74, 6) is 0. The van der Waals surface area contributed by atoms with Crippen molar-refractivity contribution in [3.05, 3.63) is 0 Å². The lowest BCUT2D eigenvalue weighted by Gasteiger charge is -2.23. The Labute approximate surface area is 126 Å². The van der Waals surface area contributed by atoms with E-state index in [-0.39, 0.29) is 0 Å². The molecule has 0 aromatic carbocycles. The molecule has 0 spiro atoms. The van der Waals surface area contributed by atoms with Crippen LogP contribution in [0.25, 0.3) is 0 Å². The summed E-state index contributed by atoms with van der Waals surface area (Å²) in [4.78, 5) is 5.04. The predicted octanol–water partition coefficient (Wildman–Crippen LogP) is 2.06. The minimum Gasteiger partial charge on any atom is -0.382 e. The van der Waals surface area contributed by atoms with Crippen molar-refractivity contribution in [1.29, 1.82) is 0 Å². The molecule has 0 aliphatic carbocycles. The van der Waals surface area contributed by atoms with Crippen molar-refractivity contribution in [3.8, 4) is 0 Å². The molecule has 0 bridgehead atoms. The molecule has 0 unspecified atom stereocenters. The lowest BCUT2D eigenvalue weighted by molar-refractivity contribution is 0.144. The monoisotopic (exact) mass is 287 g/mol. The van der Waals surface area contributed by atoms with Crippen molar-refractivity contribution in [2.24, 2.45) is 0 Å². The van der Waals surface area contributed by atoms with Crippen molar-refractivity contribution in [3.63, 3.8) is 0 Å². The minimum atomic E-state index is 0.830. The van der Waals surface area contributed by atoms with E-state index in [0.29, 0.717) is 0 Å². The number of hydrogen-bond acceptors (Lipinski definition) is 4. The highest BCUT2D eigenvalue weighted by Crippen LogP contribution is 1.95. The quantitative estimate of drug-likeness (QED) is 0.467. The summed E-state index contributed by atoms with van der Waals surface area (Å²) in [6, 6.07) is 0. The van der Waals surface area contributed by atoms with Crippen molar-refractivity contribution >= 4 is 0 Å². The number of rotatable bonds is 15. The first-order valence-electron chi connectivity index (χ1n) is 8.51. The zero-order valence-electron chi connectivity index (χ0n) is 14.3. The molecule has 0 aliphatic heterocycles. The van der Waals surface area contributed by atoms with Crippen LogP contribution in [0.4, 0.5) is 0 Å². The molecule has 0 aromatic rings. The van der Waals surface area contributed by atoms with Crippen molar-refractivity contribution in [2.75, 3.05) is 65.6 Å². The Hall–Kier alpha value is -0.160. The topological polar surface area (TPSA) is 27.7 Å².